The standard InChI is InChI=1S/C18H20N4O4S/c1-3-8-19-15(23)9-13-10-16(24)22-18(21-13)27-11-17(25)20-12-4-6-14(26-2)7-5-12/h3-7,10H,1,8-9,11H2,2H3,(H,19,23)(H,20,25)(H,21,22,24). The van der Waals surface area contributed by atoms with Crippen molar-refractivity contribution < 1.29 is 14.3 Å². The number of benzene rings is 1. The lowest BCUT2D eigenvalue weighted by Gasteiger charge is -2.07. The van der Waals surface area contributed by atoms with Gasteiger partial charge in [0.1, 0.15) is 5.75 Å². The lowest BCUT2D eigenvalue weighted by Crippen LogP contribution is -2.26. The van der Waals surface area contributed by atoms with E-state index in [0.717, 1.165) is 11.8 Å². The minimum Gasteiger partial charge on any atom is -0.497 e. The number of amides is 2. The molecule has 3 N–H and O–H groups in total. The number of nitrogens with zero attached hydrogens (tertiary/aromatic N) is 1. The Balaban J connectivity index is 1.92. The van der Waals surface area contributed by atoms with Gasteiger partial charge in [0.05, 0.1) is 25.0 Å². The van der Waals surface area contributed by atoms with Gasteiger partial charge in [0.25, 0.3) is 5.56 Å². The molecule has 0 spiro atoms. The summed E-state index contributed by atoms with van der Waals surface area (Å²) >= 11 is 1.08. The van der Waals surface area contributed by atoms with Crippen LogP contribution in [0.3, 0.4) is 0 Å². The Bertz CT molecular complexity index is 864. The Morgan fingerprint density at radius 3 is 2.70 bits per heavy atom. The number of aromatic amines is 1. The van der Waals surface area contributed by atoms with Crippen molar-refractivity contribution in [2.45, 2.75) is 11.6 Å². The molecule has 1 heterocycles. The number of ether oxygens (including phenoxy) is 1. The molecule has 2 aromatic rings. The molecule has 2 rings (SSSR count). The topological polar surface area (TPSA) is 113 Å². The molecule has 8 nitrogen and oxygen atoms in total. The minimum absolute atomic E-state index is 0.0244. The van der Waals surface area contributed by atoms with Gasteiger partial charge in [-0.25, -0.2) is 4.98 Å². The first-order valence-corrected chi connectivity index (χ1v) is 9.03. The van der Waals surface area contributed by atoms with E-state index in [1.165, 1.54) is 6.07 Å². The highest BCUT2D eigenvalue weighted by atomic mass is 32.2. The summed E-state index contributed by atoms with van der Waals surface area (Å²) in [5.74, 6) is 0.238. The van der Waals surface area contributed by atoms with E-state index in [9.17, 15) is 14.4 Å². The number of carbonyl (C=O) groups is 2. The third kappa shape index (κ3) is 6.98. The van der Waals surface area contributed by atoms with E-state index in [1.807, 2.05) is 0 Å². The number of carbonyl (C=O) groups excluding carboxylic acids is 2. The summed E-state index contributed by atoms with van der Waals surface area (Å²) in [5, 5.41) is 5.63. The zero-order valence-corrected chi connectivity index (χ0v) is 15.6. The van der Waals surface area contributed by atoms with Gasteiger partial charge < -0.3 is 20.4 Å². The summed E-state index contributed by atoms with van der Waals surface area (Å²) in [6.45, 7) is 3.86. The molecule has 0 aliphatic carbocycles. The van der Waals surface area contributed by atoms with E-state index in [0.29, 0.717) is 23.7 Å². The van der Waals surface area contributed by atoms with Crippen LogP contribution in [0.25, 0.3) is 0 Å². The second-order valence-corrected chi connectivity index (χ2v) is 6.34. The molecule has 0 fully saturated rings. The number of aromatic nitrogens is 2. The monoisotopic (exact) mass is 388 g/mol. The molecular weight excluding hydrogens is 368 g/mol. The van der Waals surface area contributed by atoms with Crippen LogP contribution in [0.5, 0.6) is 5.75 Å². The summed E-state index contributed by atoms with van der Waals surface area (Å²) in [6.07, 6.45) is 1.54. The average molecular weight is 388 g/mol. The molecule has 0 atom stereocenters. The quantitative estimate of drug-likeness (QED) is 0.340. The van der Waals surface area contributed by atoms with Crippen molar-refractivity contribution in [2.24, 2.45) is 0 Å². The van der Waals surface area contributed by atoms with E-state index in [2.05, 4.69) is 27.2 Å². The van der Waals surface area contributed by atoms with Gasteiger partial charge in [-0.3, -0.25) is 14.4 Å². The first-order valence-electron chi connectivity index (χ1n) is 8.04. The van der Waals surface area contributed by atoms with Gasteiger partial charge in [-0.2, -0.15) is 0 Å². The summed E-state index contributed by atoms with van der Waals surface area (Å²) < 4.78 is 5.06. The molecule has 1 aromatic carbocycles. The average Bonchev–Trinajstić information content (AvgIpc) is 2.65. The normalized spacial score (nSPS) is 10.1. The highest BCUT2D eigenvalue weighted by Crippen LogP contribution is 2.16. The minimum atomic E-state index is -0.380. The number of thioether (sulfide) groups is 1. The fraction of sp³-hybridized carbons (Fsp3) is 0.222. The second-order valence-electron chi connectivity index (χ2n) is 5.38. The van der Waals surface area contributed by atoms with Crippen molar-refractivity contribution >= 4 is 29.3 Å². The van der Waals surface area contributed by atoms with Crippen LogP contribution in [-0.4, -0.2) is 41.2 Å². The molecule has 0 saturated heterocycles. The molecule has 1 aromatic heterocycles. The molecule has 0 aliphatic heterocycles. The number of hydrogen-bond acceptors (Lipinski definition) is 6. The largest absolute Gasteiger partial charge is 0.497 e. The maximum absolute atomic E-state index is 12.0. The van der Waals surface area contributed by atoms with Crippen LogP contribution >= 0.6 is 11.8 Å². The summed E-state index contributed by atoms with van der Waals surface area (Å²) in [6, 6.07) is 8.19. The SMILES string of the molecule is C=CCNC(=O)Cc1cc(=O)[nH]c(SCC(=O)Nc2ccc(OC)cc2)n1. The predicted octanol–water partition coefficient (Wildman–Crippen LogP) is 1.35. The van der Waals surface area contributed by atoms with Crippen LogP contribution in [0.1, 0.15) is 5.69 Å². The Labute approximate surface area is 160 Å². The Hall–Kier alpha value is -3.07. The van der Waals surface area contributed by atoms with Gasteiger partial charge in [0.2, 0.25) is 11.8 Å². The smallest absolute Gasteiger partial charge is 0.251 e. The summed E-state index contributed by atoms with van der Waals surface area (Å²) in [5.41, 5.74) is 0.587. The van der Waals surface area contributed by atoms with Crippen LogP contribution < -0.4 is 20.9 Å². The van der Waals surface area contributed by atoms with Crippen LogP contribution in [-0.2, 0) is 16.0 Å². The van der Waals surface area contributed by atoms with Crippen molar-refractivity contribution in [1.29, 1.82) is 0 Å². The van der Waals surface area contributed by atoms with Crippen LogP contribution in [0.2, 0.25) is 0 Å². The van der Waals surface area contributed by atoms with E-state index < -0.39 is 0 Å². The Kier molecular flexibility index (Phi) is 7.63. The number of anilines is 1. The van der Waals surface area contributed by atoms with E-state index in [4.69, 9.17) is 4.74 Å². The molecule has 0 bridgehead atoms. The number of rotatable bonds is 9. The number of H-pyrrole nitrogens is 1. The molecule has 2 amide bonds. The fourth-order valence-electron chi connectivity index (χ4n) is 2.06. The molecule has 0 unspecified atom stereocenters. The first-order chi connectivity index (χ1) is 13.0. The van der Waals surface area contributed by atoms with Gasteiger partial charge >= 0.3 is 0 Å². The van der Waals surface area contributed by atoms with Gasteiger partial charge in [-0.1, -0.05) is 17.8 Å². The number of nitrogens with one attached hydrogen (secondary N) is 3. The molecule has 27 heavy (non-hydrogen) atoms. The maximum atomic E-state index is 12.0. The highest BCUT2D eigenvalue weighted by molar-refractivity contribution is 7.99. The highest BCUT2D eigenvalue weighted by Gasteiger charge is 2.09. The molecule has 142 valence electrons. The van der Waals surface area contributed by atoms with Crippen molar-refractivity contribution in [1.82, 2.24) is 15.3 Å². The summed E-state index contributed by atoms with van der Waals surface area (Å²) in [4.78, 5) is 42.3. The van der Waals surface area contributed by atoms with E-state index in [-0.39, 0.29) is 34.7 Å². The lowest BCUT2D eigenvalue weighted by atomic mass is 10.3. The lowest BCUT2D eigenvalue weighted by molar-refractivity contribution is -0.120. The third-order valence-electron chi connectivity index (χ3n) is 3.27. The van der Waals surface area contributed by atoms with Crippen molar-refractivity contribution in [3.05, 3.63) is 59.0 Å². The van der Waals surface area contributed by atoms with Gasteiger partial charge in [0, 0.05) is 18.3 Å². The van der Waals surface area contributed by atoms with Crippen molar-refractivity contribution in [3.63, 3.8) is 0 Å². The fourth-order valence-corrected chi connectivity index (χ4v) is 2.76. The molecular formula is C18H20N4O4S. The maximum Gasteiger partial charge on any atom is 0.251 e. The third-order valence-corrected chi connectivity index (χ3v) is 4.15. The Morgan fingerprint density at radius 2 is 2.04 bits per heavy atom. The zero-order chi connectivity index (χ0) is 19.6. The first kappa shape index (κ1) is 20.2. The number of hydrogen-bond donors (Lipinski definition) is 3. The van der Waals surface area contributed by atoms with Crippen LogP contribution in [0, 0.1) is 0 Å². The van der Waals surface area contributed by atoms with E-state index in [1.54, 1.807) is 37.5 Å². The predicted molar refractivity (Wildman–Crippen MR) is 104 cm³/mol. The van der Waals surface area contributed by atoms with Crippen molar-refractivity contribution in [2.75, 3.05) is 24.7 Å². The van der Waals surface area contributed by atoms with Gasteiger partial charge in [-0.05, 0) is 24.3 Å². The van der Waals surface area contributed by atoms with Crippen LogP contribution in [0.15, 0.2) is 52.9 Å². The molecule has 0 saturated carbocycles. The van der Waals surface area contributed by atoms with E-state index >= 15 is 0 Å². The Morgan fingerprint density at radius 1 is 1.30 bits per heavy atom. The molecule has 0 radical (unpaired) electrons. The van der Waals surface area contributed by atoms with Crippen LogP contribution in [0.4, 0.5) is 5.69 Å². The second kappa shape index (κ2) is 10.2. The van der Waals surface area contributed by atoms with Gasteiger partial charge in [0.15, 0.2) is 5.16 Å². The zero-order valence-electron chi connectivity index (χ0n) is 14.8. The number of methoxy groups -OCH3 is 1. The molecule has 9 heteroatoms. The molecule has 0 aliphatic rings. The van der Waals surface area contributed by atoms with Gasteiger partial charge in [-0.15, -0.1) is 6.58 Å². The van der Waals surface area contributed by atoms with Crippen molar-refractivity contribution in [3.8, 4) is 5.75 Å². The summed E-state index contributed by atoms with van der Waals surface area (Å²) in [7, 11) is 1.56.